The number of aromatic nitrogens is 1. The molecule has 4 rings (SSSR count). The van der Waals surface area contributed by atoms with E-state index in [0.717, 1.165) is 27.9 Å². The highest BCUT2D eigenvalue weighted by Crippen LogP contribution is 2.44. The Morgan fingerprint density at radius 1 is 0.958 bits per heavy atom. The highest BCUT2D eigenvalue weighted by molar-refractivity contribution is 6.30. The molecule has 0 aliphatic carbocycles. The Kier molecular flexibility index (Phi) is 3.40. The average molecular weight is 336 g/mol. The van der Waals surface area contributed by atoms with E-state index < -0.39 is 0 Å². The molecule has 1 aliphatic rings. The van der Waals surface area contributed by atoms with Crippen LogP contribution in [0.3, 0.4) is 0 Å². The summed E-state index contributed by atoms with van der Waals surface area (Å²) in [5.41, 5.74) is 4.71. The Hall–Kier alpha value is -2.32. The number of halogens is 1. The molecule has 0 atom stereocenters. The normalized spacial score (nSPS) is 15.5. The van der Waals surface area contributed by atoms with Crippen molar-refractivity contribution >= 4 is 17.4 Å². The monoisotopic (exact) mass is 335 g/mol. The van der Waals surface area contributed by atoms with Gasteiger partial charge in [0.1, 0.15) is 0 Å². The molecule has 0 bridgehead atoms. The number of carbonyl (C=O) groups excluding carboxylic acids is 1. The van der Waals surface area contributed by atoms with Gasteiger partial charge in [0.15, 0.2) is 5.78 Å². The van der Waals surface area contributed by atoms with Crippen LogP contribution in [0.5, 0.6) is 0 Å². The number of ketones is 1. The molecule has 120 valence electrons. The van der Waals surface area contributed by atoms with Gasteiger partial charge in [-0.15, -0.1) is 0 Å². The first-order valence-electron chi connectivity index (χ1n) is 8.07. The van der Waals surface area contributed by atoms with E-state index in [2.05, 4.69) is 22.9 Å². The van der Waals surface area contributed by atoms with Gasteiger partial charge in [-0.3, -0.25) is 4.79 Å². The van der Waals surface area contributed by atoms with Crippen LogP contribution < -0.4 is 0 Å². The third-order valence-corrected chi connectivity index (χ3v) is 4.94. The Bertz CT molecular complexity index is 920. The maximum atomic E-state index is 13.0. The van der Waals surface area contributed by atoms with Crippen LogP contribution in [0, 0.1) is 5.41 Å². The largest absolute Gasteiger partial charge is 0.343 e. The minimum Gasteiger partial charge on any atom is -0.343 e. The number of hydrogen-bond acceptors (Lipinski definition) is 1. The van der Waals surface area contributed by atoms with Crippen molar-refractivity contribution in [3.63, 3.8) is 0 Å². The summed E-state index contributed by atoms with van der Waals surface area (Å²) in [5.74, 6) is 0.210. The maximum Gasteiger partial charge on any atom is 0.187 e. The molecule has 0 amide bonds. The van der Waals surface area contributed by atoms with Crippen LogP contribution in [-0.4, -0.2) is 10.4 Å². The fourth-order valence-electron chi connectivity index (χ4n) is 3.49. The SMILES string of the molecule is CC1(C)Cn2cc(-c3ccc(Cl)cc3)c(-c3ccccc3)c2C1=O. The molecular weight excluding hydrogens is 318 g/mol. The van der Waals surface area contributed by atoms with Crippen LogP contribution >= 0.6 is 11.6 Å². The fraction of sp³-hybridized carbons (Fsp3) is 0.190. The van der Waals surface area contributed by atoms with E-state index in [1.54, 1.807) is 0 Å². The number of rotatable bonds is 2. The standard InChI is InChI=1S/C21H18ClNO/c1-21(2)13-23-12-17(14-8-10-16(22)11-9-14)18(19(23)20(21)24)15-6-4-3-5-7-15/h3-12H,13H2,1-2H3. The molecule has 0 saturated heterocycles. The molecule has 24 heavy (non-hydrogen) atoms. The Balaban J connectivity index is 1.98. The minimum absolute atomic E-state index is 0.210. The molecule has 0 saturated carbocycles. The predicted molar refractivity (Wildman–Crippen MR) is 98.4 cm³/mol. The summed E-state index contributed by atoms with van der Waals surface area (Å²) in [6, 6.07) is 17.9. The van der Waals surface area contributed by atoms with Gasteiger partial charge in [0.05, 0.1) is 5.69 Å². The van der Waals surface area contributed by atoms with Gasteiger partial charge in [0.2, 0.25) is 0 Å². The third kappa shape index (κ3) is 2.30. The zero-order valence-corrected chi connectivity index (χ0v) is 14.5. The summed E-state index contributed by atoms with van der Waals surface area (Å²) >= 11 is 6.03. The number of Topliss-reactive ketones (excluding diaryl/α,β-unsaturated/α-hetero) is 1. The Labute approximate surface area is 146 Å². The van der Waals surface area contributed by atoms with Crippen LogP contribution in [-0.2, 0) is 6.54 Å². The molecule has 2 aromatic carbocycles. The second kappa shape index (κ2) is 5.35. The summed E-state index contributed by atoms with van der Waals surface area (Å²) in [6.45, 7) is 4.74. The molecule has 3 heteroatoms. The van der Waals surface area contributed by atoms with E-state index >= 15 is 0 Å². The molecule has 0 spiro atoms. The van der Waals surface area contributed by atoms with Crippen LogP contribution in [0.1, 0.15) is 24.3 Å². The third-order valence-electron chi connectivity index (χ3n) is 4.69. The van der Waals surface area contributed by atoms with Gasteiger partial charge in [-0.2, -0.15) is 0 Å². The number of benzene rings is 2. The summed E-state index contributed by atoms with van der Waals surface area (Å²) < 4.78 is 2.11. The molecule has 0 fully saturated rings. The van der Waals surface area contributed by atoms with E-state index in [0.29, 0.717) is 11.6 Å². The van der Waals surface area contributed by atoms with Crippen molar-refractivity contribution in [2.75, 3.05) is 0 Å². The summed E-state index contributed by atoms with van der Waals surface area (Å²) in [7, 11) is 0. The lowest BCUT2D eigenvalue weighted by molar-refractivity contribution is 0.0861. The molecule has 2 heterocycles. The van der Waals surface area contributed by atoms with E-state index in [-0.39, 0.29) is 11.2 Å². The molecular formula is C21H18ClNO. The van der Waals surface area contributed by atoms with Gasteiger partial charge >= 0.3 is 0 Å². The second-order valence-corrected chi connectivity index (χ2v) is 7.42. The summed E-state index contributed by atoms with van der Waals surface area (Å²) in [6.07, 6.45) is 2.10. The first kappa shape index (κ1) is 15.2. The van der Waals surface area contributed by atoms with E-state index in [1.165, 1.54) is 0 Å². The number of hydrogen-bond donors (Lipinski definition) is 0. The summed E-state index contributed by atoms with van der Waals surface area (Å²) in [5, 5.41) is 0.712. The van der Waals surface area contributed by atoms with Gasteiger partial charge in [-0.05, 0) is 23.3 Å². The summed E-state index contributed by atoms with van der Waals surface area (Å²) in [4.78, 5) is 13.0. The molecule has 1 aliphatic heterocycles. The predicted octanol–water partition coefficient (Wildman–Crippen LogP) is 5.70. The van der Waals surface area contributed by atoms with Gasteiger partial charge in [0, 0.05) is 34.3 Å². The molecule has 0 unspecified atom stereocenters. The molecule has 1 aromatic heterocycles. The fourth-order valence-corrected chi connectivity index (χ4v) is 3.61. The first-order chi connectivity index (χ1) is 11.5. The lowest BCUT2D eigenvalue weighted by atomic mass is 9.86. The molecule has 0 radical (unpaired) electrons. The topological polar surface area (TPSA) is 22.0 Å². The lowest BCUT2D eigenvalue weighted by Crippen LogP contribution is -2.20. The van der Waals surface area contributed by atoms with Crippen molar-refractivity contribution < 1.29 is 4.79 Å². The van der Waals surface area contributed by atoms with Crippen LogP contribution in [0.4, 0.5) is 0 Å². The van der Waals surface area contributed by atoms with E-state index in [9.17, 15) is 4.79 Å². The van der Waals surface area contributed by atoms with Crippen molar-refractivity contribution in [1.29, 1.82) is 0 Å². The molecule has 2 nitrogen and oxygen atoms in total. The van der Waals surface area contributed by atoms with E-state index in [1.807, 2.05) is 56.3 Å². The van der Waals surface area contributed by atoms with Crippen LogP contribution in [0.2, 0.25) is 5.02 Å². The van der Waals surface area contributed by atoms with Crippen molar-refractivity contribution in [1.82, 2.24) is 4.57 Å². The van der Waals surface area contributed by atoms with Crippen molar-refractivity contribution in [2.45, 2.75) is 20.4 Å². The quantitative estimate of drug-likeness (QED) is 0.589. The highest BCUT2D eigenvalue weighted by Gasteiger charge is 2.40. The van der Waals surface area contributed by atoms with Crippen LogP contribution in [0.15, 0.2) is 60.8 Å². The molecule has 0 N–H and O–H groups in total. The highest BCUT2D eigenvalue weighted by atomic mass is 35.5. The average Bonchev–Trinajstić information content (AvgIpc) is 3.03. The van der Waals surface area contributed by atoms with Crippen molar-refractivity contribution in [2.24, 2.45) is 5.41 Å². The zero-order chi connectivity index (χ0) is 16.9. The van der Waals surface area contributed by atoms with Crippen LogP contribution in [0.25, 0.3) is 22.3 Å². The number of fused-ring (bicyclic) bond motifs is 1. The first-order valence-corrected chi connectivity index (χ1v) is 8.44. The Morgan fingerprint density at radius 3 is 2.29 bits per heavy atom. The Morgan fingerprint density at radius 2 is 1.62 bits per heavy atom. The van der Waals surface area contributed by atoms with Crippen molar-refractivity contribution in [3.05, 3.63) is 71.5 Å². The van der Waals surface area contributed by atoms with Gasteiger partial charge in [-0.1, -0.05) is 67.9 Å². The second-order valence-electron chi connectivity index (χ2n) is 6.98. The zero-order valence-electron chi connectivity index (χ0n) is 13.7. The minimum atomic E-state index is -0.350. The smallest absolute Gasteiger partial charge is 0.187 e. The number of nitrogens with zero attached hydrogens (tertiary/aromatic N) is 1. The van der Waals surface area contributed by atoms with Gasteiger partial charge in [0.25, 0.3) is 0 Å². The van der Waals surface area contributed by atoms with Gasteiger partial charge < -0.3 is 4.57 Å². The molecule has 3 aromatic rings. The van der Waals surface area contributed by atoms with Gasteiger partial charge in [-0.25, -0.2) is 0 Å². The lowest BCUT2D eigenvalue weighted by Gasteiger charge is -2.15. The maximum absolute atomic E-state index is 13.0. The van der Waals surface area contributed by atoms with Crippen molar-refractivity contribution in [3.8, 4) is 22.3 Å². The number of carbonyl (C=O) groups is 1. The van der Waals surface area contributed by atoms with E-state index in [4.69, 9.17) is 11.6 Å².